The number of carbonyl (C=O) groups excluding carboxylic acids is 2. The van der Waals surface area contributed by atoms with Gasteiger partial charge in [0, 0.05) is 48.4 Å². The van der Waals surface area contributed by atoms with E-state index in [2.05, 4.69) is 29.9 Å². The van der Waals surface area contributed by atoms with Gasteiger partial charge in [-0.3, -0.25) is 9.13 Å². The molecule has 2 fully saturated rings. The summed E-state index contributed by atoms with van der Waals surface area (Å²) in [6.07, 6.45) is -0.907. The molecule has 4 aromatic rings. The van der Waals surface area contributed by atoms with Gasteiger partial charge in [0.15, 0.2) is 0 Å². The molecule has 0 amide bonds. The molecule has 4 aromatic heterocycles. The molecular formula is C52H74F6N12O6. The van der Waals surface area contributed by atoms with Crippen LogP contribution in [0.5, 0.6) is 0 Å². The minimum Gasteiger partial charge on any atom is -0.545 e. The van der Waals surface area contributed by atoms with Crippen molar-refractivity contribution >= 4 is 23.6 Å². The molecule has 0 aromatic carbocycles. The summed E-state index contributed by atoms with van der Waals surface area (Å²) in [7, 11) is 0. The molecule has 24 heteroatoms. The molecule has 76 heavy (non-hydrogen) atoms. The molecule has 0 bridgehead atoms. The molecule has 2 N–H and O–H groups in total. The number of carboxylic acid groups (broad SMARTS) is 2. The third-order valence-corrected chi connectivity index (χ3v) is 12.6. The molecule has 6 heterocycles. The Kier molecular flexibility index (Phi) is 22.2. The molecule has 0 aliphatic carbocycles. The van der Waals surface area contributed by atoms with Crippen molar-refractivity contribution in [2.75, 3.05) is 75.2 Å². The lowest BCUT2D eigenvalue weighted by molar-refractivity contribution is -0.900. The van der Waals surface area contributed by atoms with Gasteiger partial charge in [-0.25, -0.2) is 29.5 Å². The summed E-state index contributed by atoms with van der Waals surface area (Å²) in [5.41, 5.74) is -1.71. The maximum absolute atomic E-state index is 13.4. The zero-order chi connectivity index (χ0) is 56.8. The second kappa shape index (κ2) is 27.1. The highest BCUT2D eigenvalue weighted by atomic mass is 19.4. The number of carbonyl (C=O) groups is 2. The molecule has 6 rings (SSSR count). The SMILES string of the molecule is CC(C)c1ccn(CCCC[NH+]2CCN(c3cc(C(F)(F)F)nc(C(C)(C)C)n3)CC2)c(=O)n1.CC(C)c1ccn(CCCC[NH+]2CCN(c3cc(C(F)(F)F)nc(C(C)(C)C)n3)CC2)c(=O)n1.O=C([O-])/C=C/C(=O)[O-]. The molecule has 2 saturated heterocycles. The van der Waals surface area contributed by atoms with Crippen LogP contribution in [0.3, 0.4) is 0 Å². The van der Waals surface area contributed by atoms with Crippen LogP contribution in [0, 0.1) is 0 Å². The number of hydrogen-bond donors (Lipinski definition) is 2. The van der Waals surface area contributed by atoms with Crippen LogP contribution in [0.25, 0.3) is 0 Å². The fourth-order valence-corrected chi connectivity index (χ4v) is 8.08. The van der Waals surface area contributed by atoms with E-state index in [4.69, 9.17) is 0 Å². The number of anilines is 2. The molecule has 0 saturated carbocycles. The predicted molar refractivity (Wildman–Crippen MR) is 270 cm³/mol. The van der Waals surface area contributed by atoms with Crippen LogP contribution in [0.15, 0.2) is 58.4 Å². The number of hydrogen-bond acceptors (Lipinski definition) is 14. The molecule has 0 spiro atoms. The Hall–Kier alpha value is -6.30. The van der Waals surface area contributed by atoms with Gasteiger partial charge in [0.1, 0.15) is 34.7 Å². The smallest absolute Gasteiger partial charge is 0.433 e. The Labute approximate surface area is 439 Å². The highest BCUT2D eigenvalue weighted by molar-refractivity contribution is 5.87. The zero-order valence-corrected chi connectivity index (χ0v) is 45.3. The van der Waals surface area contributed by atoms with E-state index < -0.39 is 46.5 Å². The number of alkyl halides is 6. The Morgan fingerprint density at radius 1 is 0.566 bits per heavy atom. The number of aryl methyl sites for hydroxylation is 2. The van der Waals surface area contributed by atoms with E-state index in [1.165, 1.54) is 9.80 Å². The summed E-state index contributed by atoms with van der Waals surface area (Å²) >= 11 is 0. The number of rotatable bonds is 16. The lowest BCUT2D eigenvalue weighted by atomic mass is 9.95. The van der Waals surface area contributed by atoms with Crippen molar-refractivity contribution in [1.82, 2.24) is 39.0 Å². The molecule has 18 nitrogen and oxygen atoms in total. The van der Waals surface area contributed by atoms with Crippen LogP contribution in [0.4, 0.5) is 38.0 Å². The fourth-order valence-electron chi connectivity index (χ4n) is 8.08. The summed E-state index contributed by atoms with van der Waals surface area (Å²) < 4.78 is 83.7. The minimum absolute atomic E-state index is 0.204. The molecule has 2 aliphatic rings. The zero-order valence-electron chi connectivity index (χ0n) is 45.3. The van der Waals surface area contributed by atoms with E-state index in [0.717, 1.165) is 88.5 Å². The number of aliphatic carboxylic acids is 2. The van der Waals surface area contributed by atoms with E-state index in [9.17, 15) is 55.7 Å². The van der Waals surface area contributed by atoms with Crippen molar-refractivity contribution < 1.29 is 55.9 Å². The van der Waals surface area contributed by atoms with Gasteiger partial charge in [-0.1, -0.05) is 69.2 Å². The van der Waals surface area contributed by atoms with Crippen LogP contribution in [0.2, 0.25) is 0 Å². The third kappa shape index (κ3) is 20.0. The van der Waals surface area contributed by atoms with Crippen LogP contribution in [-0.2, 0) is 45.9 Å². The van der Waals surface area contributed by atoms with Gasteiger partial charge >= 0.3 is 23.7 Å². The quantitative estimate of drug-likeness (QED) is 0.0937. The normalized spacial score (nSPS) is 15.2. The molecule has 0 unspecified atom stereocenters. The van der Waals surface area contributed by atoms with Crippen molar-refractivity contribution in [2.45, 2.75) is 143 Å². The number of carboxylic acids is 2. The van der Waals surface area contributed by atoms with Gasteiger partial charge in [0.25, 0.3) is 0 Å². The fraction of sp³-hybridized carbons (Fsp3) is 0.615. The summed E-state index contributed by atoms with van der Waals surface area (Å²) in [5, 5.41) is 18.8. The first-order valence-electron chi connectivity index (χ1n) is 25.7. The van der Waals surface area contributed by atoms with Crippen LogP contribution in [0.1, 0.15) is 141 Å². The molecule has 0 atom stereocenters. The Balaban J connectivity index is 0.000000287. The molecular weight excluding hydrogens is 1000 g/mol. The number of halogens is 6. The third-order valence-electron chi connectivity index (χ3n) is 12.6. The van der Waals surface area contributed by atoms with E-state index in [1.54, 1.807) is 9.13 Å². The maximum atomic E-state index is 13.4. The van der Waals surface area contributed by atoms with E-state index in [-0.39, 0.29) is 34.9 Å². The van der Waals surface area contributed by atoms with E-state index >= 15 is 0 Å². The second-order valence-electron chi connectivity index (χ2n) is 21.7. The predicted octanol–water partition coefficient (Wildman–Crippen LogP) is 2.36. The summed E-state index contributed by atoms with van der Waals surface area (Å²) in [5.74, 6) is -1.52. The number of nitrogens with one attached hydrogen (secondary N) is 2. The van der Waals surface area contributed by atoms with Crippen LogP contribution in [-0.4, -0.2) is 116 Å². The number of aromatic nitrogens is 8. The van der Waals surface area contributed by atoms with E-state index in [1.807, 2.05) is 104 Å². The van der Waals surface area contributed by atoms with Crippen molar-refractivity contribution in [2.24, 2.45) is 0 Å². The van der Waals surface area contributed by atoms with Gasteiger partial charge < -0.3 is 39.4 Å². The standard InChI is InChI=1S/2C24H35F3N6O.C4H4O4/c2*1-17(2)18-8-11-33(22(34)28-18)10-7-6-9-31-12-14-32(15-13-31)20-16-19(24(25,26)27)29-21(30-20)23(3,4)5;5-3(6)1-2-4(7)8/h2*8,11,16-17H,6-7,9-10,12-15H2,1-5H3;1-2H,(H,5,6)(H,7,8)/b;;2-1+. The summed E-state index contributed by atoms with van der Waals surface area (Å²) in [6.45, 7) is 28.1. The van der Waals surface area contributed by atoms with Gasteiger partial charge in [0.05, 0.1) is 88.8 Å². The first-order chi connectivity index (χ1) is 35.3. The molecule has 420 valence electrons. The Morgan fingerprint density at radius 3 is 1.16 bits per heavy atom. The topological polar surface area (TPSA) is 217 Å². The number of nitrogens with zero attached hydrogens (tertiary/aromatic N) is 10. The molecule has 2 aliphatic heterocycles. The van der Waals surface area contributed by atoms with Crippen molar-refractivity contribution in [1.29, 1.82) is 0 Å². The number of piperazine rings is 2. The van der Waals surface area contributed by atoms with Crippen molar-refractivity contribution in [3.8, 4) is 0 Å². The maximum Gasteiger partial charge on any atom is 0.433 e. The average Bonchev–Trinajstić information content (AvgIpc) is 3.33. The van der Waals surface area contributed by atoms with E-state index in [0.29, 0.717) is 63.1 Å². The van der Waals surface area contributed by atoms with Crippen LogP contribution < -0.4 is 41.2 Å². The minimum atomic E-state index is -4.50. The van der Waals surface area contributed by atoms with Gasteiger partial charge in [-0.2, -0.15) is 36.3 Å². The average molecular weight is 1080 g/mol. The first kappa shape index (κ1) is 62.2. The molecule has 0 radical (unpaired) electrons. The lowest BCUT2D eigenvalue weighted by Gasteiger charge is -2.33. The number of unbranched alkanes of at least 4 members (excludes halogenated alkanes) is 2. The van der Waals surface area contributed by atoms with Gasteiger partial charge in [-0.15, -0.1) is 0 Å². The first-order valence-corrected chi connectivity index (χ1v) is 25.7. The largest absolute Gasteiger partial charge is 0.545 e. The second-order valence-corrected chi connectivity index (χ2v) is 21.7. The highest BCUT2D eigenvalue weighted by Crippen LogP contribution is 2.33. The number of quaternary nitrogens is 2. The highest BCUT2D eigenvalue weighted by Gasteiger charge is 2.37. The monoisotopic (exact) mass is 1080 g/mol. The van der Waals surface area contributed by atoms with Crippen molar-refractivity contribution in [3.63, 3.8) is 0 Å². The Morgan fingerprint density at radius 2 is 0.895 bits per heavy atom. The Bertz CT molecular complexity index is 2430. The summed E-state index contributed by atoms with van der Waals surface area (Å²) in [4.78, 5) is 74.6. The van der Waals surface area contributed by atoms with Gasteiger partial charge in [0.2, 0.25) is 0 Å². The lowest BCUT2D eigenvalue weighted by Crippen LogP contribution is -3.14. The van der Waals surface area contributed by atoms with Gasteiger partial charge in [-0.05, 0) is 61.8 Å². The van der Waals surface area contributed by atoms with Crippen LogP contribution >= 0.6 is 0 Å². The van der Waals surface area contributed by atoms with Crippen molar-refractivity contribution in [3.05, 3.63) is 104 Å². The summed E-state index contributed by atoms with van der Waals surface area (Å²) in [6, 6.07) is 5.94.